The fourth-order valence-corrected chi connectivity index (χ4v) is 3.07. The van der Waals surface area contributed by atoms with Crippen LogP contribution in [0.2, 0.25) is 0 Å². The SMILES string of the molecule is CN1CCC2(CC1)CN(C(=O)c1ccc(=O)[nH]c1)CCO2. The first-order chi connectivity index (χ1) is 10.1. The maximum Gasteiger partial charge on any atom is 0.255 e. The number of rotatable bonds is 1. The average molecular weight is 291 g/mol. The van der Waals surface area contributed by atoms with E-state index in [4.69, 9.17) is 4.74 Å². The normalized spacial score (nSPS) is 22.4. The fourth-order valence-electron chi connectivity index (χ4n) is 3.07. The molecule has 3 rings (SSSR count). The van der Waals surface area contributed by atoms with E-state index in [2.05, 4.69) is 16.9 Å². The highest BCUT2D eigenvalue weighted by atomic mass is 16.5. The minimum Gasteiger partial charge on any atom is -0.371 e. The number of carbonyl (C=O) groups excluding carboxylic acids is 1. The Kier molecular flexibility index (Phi) is 3.82. The molecule has 0 aliphatic carbocycles. The smallest absolute Gasteiger partial charge is 0.255 e. The van der Waals surface area contributed by atoms with Gasteiger partial charge in [-0.3, -0.25) is 9.59 Å². The lowest BCUT2D eigenvalue weighted by Gasteiger charge is -2.46. The van der Waals surface area contributed by atoms with Gasteiger partial charge in [-0.15, -0.1) is 0 Å². The summed E-state index contributed by atoms with van der Waals surface area (Å²) >= 11 is 0. The van der Waals surface area contributed by atoms with Crippen LogP contribution in [-0.2, 0) is 4.74 Å². The van der Waals surface area contributed by atoms with Crippen LogP contribution in [0.25, 0.3) is 0 Å². The van der Waals surface area contributed by atoms with E-state index in [-0.39, 0.29) is 17.1 Å². The maximum atomic E-state index is 12.5. The first-order valence-corrected chi connectivity index (χ1v) is 7.39. The Balaban J connectivity index is 1.72. The van der Waals surface area contributed by atoms with Gasteiger partial charge in [-0.05, 0) is 26.0 Å². The number of ether oxygens (including phenoxy) is 1. The molecule has 2 aliphatic rings. The number of carbonyl (C=O) groups is 1. The molecule has 1 amide bonds. The quantitative estimate of drug-likeness (QED) is 0.809. The Morgan fingerprint density at radius 1 is 1.29 bits per heavy atom. The summed E-state index contributed by atoms with van der Waals surface area (Å²) in [6.45, 7) is 3.83. The lowest BCUT2D eigenvalue weighted by molar-refractivity contribution is -0.125. The summed E-state index contributed by atoms with van der Waals surface area (Å²) in [5, 5.41) is 0. The topological polar surface area (TPSA) is 65.6 Å². The van der Waals surface area contributed by atoms with E-state index in [1.807, 2.05) is 4.90 Å². The second kappa shape index (κ2) is 5.61. The van der Waals surface area contributed by atoms with Crippen molar-refractivity contribution < 1.29 is 9.53 Å². The molecular formula is C15H21N3O3. The highest BCUT2D eigenvalue weighted by Crippen LogP contribution is 2.30. The van der Waals surface area contributed by atoms with Gasteiger partial charge in [0, 0.05) is 31.9 Å². The molecule has 3 heterocycles. The number of hydrogen-bond donors (Lipinski definition) is 1. The molecular weight excluding hydrogens is 270 g/mol. The number of aromatic nitrogens is 1. The summed E-state index contributed by atoms with van der Waals surface area (Å²) in [5.41, 5.74) is 0.141. The Morgan fingerprint density at radius 2 is 2.05 bits per heavy atom. The third kappa shape index (κ3) is 3.01. The van der Waals surface area contributed by atoms with Crippen molar-refractivity contribution in [2.75, 3.05) is 39.8 Å². The summed E-state index contributed by atoms with van der Waals surface area (Å²) < 4.78 is 6.01. The van der Waals surface area contributed by atoms with Crippen molar-refractivity contribution in [3.8, 4) is 0 Å². The molecule has 0 radical (unpaired) electrons. The zero-order valence-electron chi connectivity index (χ0n) is 12.3. The van der Waals surface area contributed by atoms with Gasteiger partial charge in [0.1, 0.15) is 0 Å². The van der Waals surface area contributed by atoms with Gasteiger partial charge in [-0.25, -0.2) is 0 Å². The van der Waals surface area contributed by atoms with Gasteiger partial charge < -0.3 is 19.5 Å². The van der Waals surface area contributed by atoms with E-state index < -0.39 is 0 Å². The maximum absolute atomic E-state index is 12.5. The van der Waals surface area contributed by atoms with Crippen molar-refractivity contribution in [2.24, 2.45) is 0 Å². The first kappa shape index (κ1) is 14.3. The van der Waals surface area contributed by atoms with Gasteiger partial charge in [0.05, 0.1) is 24.3 Å². The summed E-state index contributed by atoms with van der Waals surface area (Å²) in [6, 6.07) is 2.97. The van der Waals surface area contributed by atoms with Gasteiger partial charge in [-0.2, -0.15) is 0 Å². The molecule has 1 aromatic rings. The third-order valence-electron chi connectivity index (χ3n) is 4.47. The van der Waals surface area contributed by atoms with E-state index in [0.717, 1.165) is 25.9 Å². The molecule has 0 atom stereocenters. The van der Waals surface area contributed by atoms with Gasteiger partial charge in [0.2, 0.25) is 5.56 Å². The van der Waals surface area contributed by atoms with Gasteiger partial charge in [0.15, 0.2) is 0 Å². The van der Waals surface area contributed by atoms with Crippen LogP contribution < -0.4 is 5.56 Å². The van der Waals surface area contributed by atoms with Crippen LogP contribution in [0.15, 0.2) is 23.1 Å². The molecule has 0 unspecified atom stereocenters. The second-order valence-corrected chi connectivity index (χ2v) is 6.00. The highest BCUT2D eigenvalue weighted by Gasteiger charge is 2.40. The zero-order valence-corrected chi connectivity index (χ0v) is 12.3. The predicted molar refractivity (Wildman–Crippen MR) is 78.4 cm³/mol. The number of pyridine rings is 1. The number of morpholine rings is 1. The summed E-state index contributed by atoms with van der Waals surface area (Å²) in [4.78, 5) is 30.3. The van der Waals surface area contributed by atoms with E-state index in [1.165, 1.54) is 12.3 Å². The Bertz CT molecular complexity index is 555. The molecule has 1 spiro atoms. The van der Waals surface area contributed by atoms with Crippen molar-refractivity contribution in [3.05, 3.63) is 34.2 Å². The van der Waals surface area contributed by atoms with Crippen molar-refractivity contribution >= 4 is 5.91 Å². The van der Waals surface area contributed by atoms with Crippen molar-refractivity contribution in [3.63, 3.8) is 0 Å². The number of aromatic amines is 1. The lowest BCUT2D eigenvalue weighted by Crippen LogP contribution is -2.57. The fraction of sp³-hybridized carbons (Fsp3) is 0.600. The van der Waals surface area contributed by atoms with Crippen LogP contribution in [0.4, 0.5) is 0 Å². The minimum atomic E-state index is -0.194. The van der Waals surface area contributed by atoms with Crippen LogP contribution in [0, 0.1) is 0 Å². The number of piperidine rings is 1. The molecule has 0 saturated carbocycles. The molecule has 21 heavy (non-hydrogen) atoms. The number of amides is 1. The highest BCUT2D eigenvalue weighted by molar-refractivity contribution is 5.94. The number of hydrogen-bond acceptors (Lipinski definition) is 4. The van der Waals surface area contributed by atoms with Crippen LogP contribution in [0.3, 0.4) is 0 Å². The number of likely N-dealkylation sites (tertiary alicyclic amines) is 1. The number of H-pyrrole nitrogens is 1. The van der Waals surface area contributed by atoms with Gasteiger partial charge in [0.25, 0.3) is 5.91 Å². The molecule has 1 aromatic heterocycles. The summed E-state index contributed by atoms with van der Waals surface area (Å²) in [7, 11) is 2.11. The summed E-state index contributed by atoms with van der Waals surface area (Å²) in [6.07, 6.45) is 3.40. The first-order valence-electron chi connectivity index (χ1n) is 7.39. The van der Waals surface area contributed by atoms with Gasteiger partial charge in [-0.1, -0.05) is 0 Å². The molecule has 6 nitrogen and oxygen atoms in total. The van der Waals surface area contributed by atoms with Crippen molar-refractivity contribution in [1.29, 1.82) is 0 Å². The van der Waals surface area contributed by atoms with E-state index in [9.17, 15) is 9.59 Å². The van der Waals surface area contributed by atoms with Gasteiger partial charge >= 0.3 is 0 Å². The lowest BCUT2D eigenvalue weighted by atomic mass is 9.89. The van der Waals surface area contributed by atoms with E-state index >= 15 is 0 Å². The monoisotopic (exact) mass is 291 g/mol. The Morgan fingerprint density at radius 3 is 2.71 bits per heavy atom. The minimum absolute atomic E-state index is 0.0344. The third-order valence-corrected chi connectivity index (χ3v) is 4.47. The van der Waals surface area contributed by atoms with Crippen LogP contribution in [-0.4, -0.2) is 66.1 Å². The predicted octanol–water partition coefficient (Wildman–Crippen LogP) is 0.312. The number of nitrogens with one attached hydrogen (secondary N) is 1. The molecule has 1 N–H and O–H groups in total. The largest absolute Gasteiger partial charge is 0.371 e. The summed E-state index contributed by atoms with van der Waals surface area (Å²) in [5.74, 6) is -0.0344. The van der Waals surface area contributed by atoms with Crippen molar-refractivity contribution in [1.82, 2.24) is 14.8 Å². The average Bonchev–Trinajstić information content (AvgIpc) is 2.51. The van der Waals surface area contributed by atoms with Crippen molar-refractivity contribution in [2.45, 2.75) is 18.4 Å². The molecule has 114 valence electrons. The molecule has 6 heteroatoms. The number of nitrogens with zero attached hydrogens (tertiary/aromatic N) is 2. The molecule has 2 fully saturated rings. The van der Waals surface area contributed by atoms with Crippen LogP contribution in [0.5, 0.6) is 0 Å². The molecule has 2 saturated heterocycles. The standard InChI is InChI=1S/C15H21N3O3/c1-17-6-4-15(5-7-17)11-18(8-9-21-15)14(20)12-2-3-13(19)16-10-12/h2-3,10H,4-9,11H2,1H3,(H,16,19). The van der Waals surface area contributed by atoms with Crippen LogP contribution >= 0.6 is 0 Å². The Labute approximate surface area is 123 Å². The Hall–Kier alpha value is -1.66. The zero-order chi connectivity index (χ0) is 14.9. The second-order valence-electron chi connectivity index (χ2n) is 6.00. The van der Waals surface area contributed by atoms with E-state index in [0.29, 0.717) is 25.3 Å². The van der Waals surface area contributed by atoms with E-state index in [1.54, 1.807) is 6.07 Å². The molecule has 0 aromatic carbocycles. The van der Waals surface area contributed by atoms with Crippen LogP contribution in [0.1, 0.15) is 23.2 Å². The molecule has 2 aliphatic heterocycles. The molecule has 0 bridgehead atoms.